The van der Waals surface area contributed by atoms with Crippen molar-refractivity contribution in [1.29, 1.82) is 0 Å². The van der Waals surface area contributed by atoms with Crippen LogP contribution in [0.2, 0.25) is 0 Å². The first-order valence-electron chi connectivity index (χ1n) is 27.4. The molecule has 0 saturated carbocycles. The normalized spacial score (nSPS) is 20.6. The predicted octanol–water partition coefficient (Wildman–Crippen LogP) is 11.9. The molecule has 0 aliphatic carbocycles. The Hall–Kier alpha value is -3.94. The molecule has 1 heterocycles. The molecule has 1 aliphatic heterocycles. The molecule has 8 atom stereocenters. The Kier molecular flexibility index (Phi) is 43.2. The van der Waals surface area contributed by atoms with Gasteiger partial charge in [-0.05, 0) is 77.0 Å². The van der Waals surface area contributed by atoms with E-state index < -0.39 is 67.4 Å². The molecule has 1 rings (SSSR count). The molecule has 11 nitrogen and oxygen atoms in total. The Bertz CT molecular complexity index is 1610. The summed E-state index contributed by atoms with van der Waals surface area (Å²) in [6.45, 7) is 5.44. The maximum Gasteiger partial charge on any atom is 0.306 e. The molecule has 0 aromatic carbocycles. The molecule has 1 aliphatic rings. The minimum absolute atomic E-state index is 0.0842. The maximum atomic E-state index is 13.3. The number of ether oxygens (including phenoxy) is 3. The number of aliphatic hydroxyl groups is 5. The van der Waals surface area contributed by atoms with Crippen LogP contribution in [0.1, 0.15) is 181 Å². The third kappa shape index (κ3) is 35.8. The number of esters is 1. The number of aliphatic hydroxyl groups excluding tert-OH is 5. The number of amides is 1. The van der Waals surface area contributed by atoms with Crippen LogP contribution < -0.4 is 5.32 Å². The zero-order chi connectivity index (χ0) is 51.8. The van der Waals surface area contributed by atoms with Crippen molar-refractivity contribution in [3.63, 3.8) is 0 Å². The zero-order valence-corrected chi connectivity index (χ0v) is 44.0. The summed E-state index contributed by atoms with van der Waals surface area (Å²) in [5.41, 5.74) is 0. The number of rotatable bonds is 43. The number of nitrogens with one attached hydrogen (secondary N) is 1. The standard InChI is InChI=1S/C60H97NO10/c1-4-7-10-13-16-19-22-25-27-28-29-32-35-38-41-44-47-53(64)59(68)61-51(52(63)46-43-40-37-34-31-24-21-18-15-12-9-6-3)50-69-60-58(57(67)56(66)54(49-62)70-60)71-55(65)48-45-42-39-36-33-30-26-23-20-17-14-11-8-5-2/h7-8,10-11,13,16-17,19-20,22,25-30,32,35,43,46,51-54,56-58,60,62-64,66-67H,4-6,9,12,14-15,18,21,23-24,31,33-34,36-42,44-45,47-50H2,1-3H3,(H,61,68)/b10-7-,11-8+,16-13+,20-17+,22-19+,27-25-,29-28+,30-26+,35-32+,46-43+. The Labute approximate surface area is 430 Å². The number of carbonyl (C=O) groups excluding carboxylic acids is 2. The van der Waals surface area contributed by atoms with Gasteiger partial charge < -0.3 is 45.1 Å². The molecule has 1 fully saturated rings. The topological polar surface area (TPSA) is 175 Å². The Morgan fingerprint density at radius 1 is 0.577 bits per heavy atom. The van der Waals surface area contributed by atoms with Crippen LogP contribution in [-0.2, 0) is 23.8 Å². The Balaban J connectivity index is 2.83. The molecule has 402 valence electrons. The quantitative estimate of drug-likeness (QED) is 0.0149. The molecule has 0 spiro atoms. The van der Waals surface area contributed by atoms with Gasteiger partial charge in [0.15, 0.2) is 12.4 Å². The van der Waals surface area contributed by atoms with E-state index >= 15 is 0 Å². The summed E-state index contributed by atoms with van der Waals surface area (Å²) >= 11 is 0. The third-order valence-corrected chi connectivity index (χ3v) is 12.0. The van der Waals surface area contributed by atoms with Crippen molar-refractivity contribution in [2.45, 2.75) is 230 Å². The molecule has 0 aromatic rings. The number of unbranched alkanes of at least 4 members (excludes halogenated alkanes) is 16. The van der Waals surface area contributed by atoms with Crippen LogP contribution in [-0.4, -0.2) is 99.6 Å². The van der Waals surface area contributed by atoms with Crippen molar-refractivity contribution < 1.29 is 49.3 Å². The van der Waals surface area contributed by atoms with E-state index in [9.17, 15) is 35.1 Å². The van der Waals surface area contributed by atoms with Crippen LogP contribution in [0.4, 0.5) is 0 Å². The Morgan fingerprint density at radius 3 is 1.69 bits per heavy atom. The van der Waals surface area contributed by atoms with Crippen LogP contribution in [0.15, 0.2) is 122 Å². The zero-order valence-electron chi connectivity index (χ0n) is 44.0. The highest BCUT2D eigenvalue weighted by atomic mass is 16.7. The summed E-state index contributed by atoms with van der Waals surface area (Å²) in [7, 11) is 0. The Morgan fingerprint density at radius 2 is 1.08 bits per heavy atom. The van der Waals surface area contributed by atoms with E-state index in [0.717, 1.165) is 89.9 Å². The van der Waals surface area contributed by atoms with Crippen LogP contribution in [0.25, 0.3) is 0 Å². The van der Waals surface area contributed by atoms with E-state index in [2.05, 4.69) is 68.6 Å². The third-order valence-electron chi connectivity index (χ3n) is 12.0. The number of allylic oxidation sites excluding steroid dienone is 19. The minimum Gasteiger partial charge on any atom is -0.454 e. The largest absolute Gasteiger partial charge is 0.454 e. The van der Waals surface area contributed by atoms with Gasteiger partial charge in [0.25, 0.3) is 0 Å². The van der Waals surface area contributed by atoms with Crippen molar-refractivity contribution in [3.05, 3.63) is 122 Å². The summed E-state index contributed by atoms with van der Waals surface area (Å²) < 4.78 is 17.5. The molecule has 8 unspecified atom stereocenters. The fraction of sp³-hybridized carbons (Fsp3) is 0.633. The van der Waals surface area contributed by atoms with E-state index in [1.54, 1.807) is 6.08 Å². The summed E-state index contributed by atoms with van der Waals surface area (Å²) in [6.07, 6.45) is 53.8. The molecule has 0 bridgehead atoms. The van der Waals surface area contributed by atoms with Gasteiger partial charge in [0.1, 0.15) is 24.4 Å². The van der Waals surface area contributed by atoms with Gasteiger partial charge in [-0.15, -0.1) is 0 Å². The molecule has 1 amide bonds. The van der Waals surface area contributed by atoms with Gasteiger partial charge in [-0.3, -0.25) is 9.59 Å². The van der Waals surface area contributed by atoms with E-state index in [4.69, 9.17) is 14.2 Å². The fourth-order valence-electron chi connectivity index (χ4n) is 7.69. The number of carbonyl (C=O) groups is 2. The van der Waals surface area contributed by atoms with Gasteiger partial charge in [0.2, 0.25) is 5.91 Å². The maximum absolute atomic E-state index is 13.3. The van der Waals surface area contributed by atoms with E-state index in [1.807, 2.05) is 72.9 Å². The van der Waals surface area contributed by atoms with Crippen LogP contribution in [0.3, 0.4) is 0 Å². The van der Waals surface area contributed by atoms with Crippen LogP contribution >= 0.6 is 0 Å². The molecule has 0 aromatic heterocycles. The van der Waals surface area contributed by atoms with E-state index in [-0.39, 0.29) is 19.4 Å². The van der Waals surface area contributed by atoms with Crippen LogP contribution in [0, 0.1) is 0 Å². The van der Waals surface area contributed by atoms with Crippen molar-refractivity contribution in [2.24, 2.45) is 0 Å². The van der Waals surface area contributed by atoms with Gasteiger partial charge in [0.05, 0.1) is 25.4 Å². The summed E-state index contributed by atoms with van der Waals surface area (Å²) in [6, 6.07) is -1.06. The van der Waals surface area contributed by atoms with Gasteiger partial charge in [-0.1, -0.05) is 219 Å². The second-order valence-electron chi connectivity index (χ2n) is 18.4. The average Bonchev–Trinajstić information content (AvgIpc) is 3.37. The second kappa shape index (κ2) is 47.1. The molecule has 0 radical (unpaired) electrons. The highest BCUT2D eigenvalue weighted by Crippen LogP contribution is 2.26. The highest BCUT2D eigenvalue weighted by Gasteiger charge is 2.47. The summed E-state index contributed by atoms with van der Waals surface area (Å²) in [5.74, 6) is -1.28. The lowest BCUT2D eigenvalue weighted by atomic mass is 9.99. The monoisotopic (exact) mass is 992 g/mol. The highest BCUT2D eigenvalue weighted by molar-refractivity contribution is 5.80. The lowest BCUT2D eigenvalue weighted by Gasteiger charge is -2.41. The molecule has 6 N–H and O–H groups in total. The number of hydrogen-bond acceptors (Lipinski definition) is 10. The molecular formula is C60H97NO10. The minimum atomic E-state index is -1.64. The first-order chi connectivity index (χ1) is 34.7. The second-order valence-corrected chi connectivity index (χ2v) is 18.4. The van der Waals surface area contributed by atoms with Gasteiger partial charge >= 0.3 is 5.97 Å². The van der Waals surface area contributed by atoms with Crippen molar-refractivity contribution >= 4 is 11.9 Å². The lowest BCUT2D eigenvalue weighted by Crippen LogP contribution is -2.61. The van der Waals surface area contributed by atoms with Crippen molar-refractivity contribution in [2.75, 3.05) is 13.2 Å². The van der Waals surface area contributed by atoms with Crippen LogP contribution in [0.5, 0.6) is 0 Å². The summed E-state index contributed by atoms with van der Waals surface area (Å²) in [5, 5.41) is 56.7. The van der Waals surface area contributed by atoms with E-state index in [1.165, 1.54) is 44.9 Å². The lowest BCUT2D eigenvalue weighted by molar-refractivity contribution is -0.305. The molecule has 1 saturated heterocycles. The smallest absolute Gasteiger partial charge is 0.306 e. The molecule has 11 heteroatoms. The van der Waals surface area contributed by atoms with Gasteiger partial charge in [-0.25, -0.2) is 0 Å². The summed E-state index contributed by atoms with van der Waals surface area (Å²) in [4.78, 5) is 26.4. The van der Waals surface area contributed by atoms with Crippen molar-refractivity contribution in [1.82, 2.24) is 5.32 Å². The molecule has 71 heavy (non-hydrogen) atoms. The van der Waals surface area contributed by atoms with Gasteiger partial charge in [-0.2, -0.15) is 0 Å². The van der Waals surface area contributed by atoms with Crippen molar-refractivity contribution in [3.8, 4) is 0 Å². The first kappa shape index (κ1) is 65.1. The SMILES string of the molecule is CC\C=C/C=C/C=C/C=C\C=C\C=C\CCCCC(O)C(=O)NC(COC1OC(CO)C(O)C(O)C1OC(=O)CCCCCC/C=C/C/C=C/C/C=C/CC)C(O)/C=C/CCCCCCCCCCCC. The fourth-order valence-corrected chi connectivity index (χ4v) is 7.69. The van der Waals surface area contributed by atoms with E-state index in [0.29, 0.717) is 12.8 Å². The average molecular weight is 992 g/mol. The predicted molar refractivity (Wildman–Crippen MR) is 291 cm³/mol. The first-order valence-corrected chi connectivity index (χ1v) is 27.4. The molecular weight excluding hydrogens is 895 g/mol. The number of hydrogen-bond donors (Lipinski definition) is 6. The van der Waals surface area contributed by atoms with Gasteiger partial charge in [0, 0.05) is 6.42 Å².